The summed E-state index contributed by atoms with van der Waals surface area (Å²) in [6.07, 6.45) is 0. The molecule has 4 nitrogen and oxygen atoms in total. The van der Waals surface area contributed by atoms with Crippen LogP contribution in [-0.4, -0.2) is 21.5 Å². The Labute approximate surface area is 117 Å². The zero-order valence-corrected chi connectivity index (χ0v) is 12.1. The van der Waals surface area contributed by atoms with E-state index in [4.69, 9.17) is 11.6 Å². The highest BCUT2D eigenvalue weighted by Crippen LogP contribution is 2.24. The standard InChI is InChI=1S/C14H18ClN3O/c1-9(2)16-13(19)8-18-12-7-5-4-6-11(12)17-14(18)10(3)15/h4-7,9-10H,8H2,1-3H3,(H,16,19). The van der Waals surface area contributed by atoms with E-state index in [0.717, 1.165) is 16.9 Å². The largest absolute Gasteiger partial charge is 0.352 e. The van der Waals surface area contributed by atoms with Crippen LogP contribution in [0.5, 0.6) is 0 Å². The minimum atomic E-state index is -0.237. The summed E-state index contributed by atoms with van der Waals surface area (Å²) in [5, 5.41) is 2.64. The van der Waals surface area contributed by atoms with Crippen LogP contribution in [0, 0.1) is 0 Å². The molecule has 1 atom stereocenters. The first kappa shape index (κ1) is 13.9. The summed E-state index contributed by atoms with van der Waals surface area (Å²) < 4.78 is 1.88. The summed E-state index contributed by atoms with van der Waals surface area (Å²) in [6.45, 7) is 5.98. The Bertz CT molecular complexity index is 589. The molecule has 2 aromatic rings. The first-order valence-corrected chi connectivity index (χ1v) is 6.81. The van der Waals surface area contributed by atoms with Gasteiger partial charge in [0.15, 0.2) is 0 Å². The zero-order chi connectivity index (χ0) is 14.0. The first-order chi connectivity index (χ1) is 8.99. The Morgan fingerprint density at radius 1 is 1.37 bits per heavy atom. The molecule has 0 aliphatic carbocycles. The molecule has 1 unspecified atom stereocenters. The molecule has 1 aromatic heterocycles. The van der Waals surface area contributed by atoms with Crippen molar-refractivity contribution in [3.63, 3.8) is 0 Å². The zero-order valence-electron chi connectivity index (χ0n) is 11.4. The fourth-order valence-electron chi connectivity index (χ4n) is 2.08. The Balaban J connectivity index is 2.39. The van der Waals surface area contributed by atoms with Crippen molar-refractivity contribution in [2.24, 2.45) is 0 Å². The molecule has 1 amide bonds. The van der Waals surface area contributed by atoms with E-state index in [9.17, 15) is 4.79 Å². The lowest BCUT2D eigenvalue weighted by molar-refractivity contribution is -0.122. The van der Waals surface area contributed by atoms with Gasteiger partial charge in [0.1, 0.15) is 12.4 Å². The van der Waals surface area contributed by atoms with Crippen molar-refractivity contribution in [3.05, 3.63) is 30.1 Å². The van der Waals surface area contributed by atoms with Crippen LogP contribution in [0.2, 0.25) is 0 Å². The van der Waals surface area contributed by atoms with Gasteiger partial charge < -0.3 is 9.88 Å². The van der Waals surface area contributed by atoms with Gasteiger partial charge in [-0.05, 0) is 32.9 Å². The number of halogens is 1. The van der Waals surface area contributed by atoms with Gasteiger partial charge in [-0.15, -0.1) is 11.6 Å². The number of imidazole rings is 1. The number of hydrogen-bond donors (Lipinski definition) is 1. The van der Waals surface area contributed by atoms with Crippen LogP contribution in [0.1, 0.15) is 32.0 Å². The third-order valence-corrected chi connectivity index (χ3v) is 2.99. The van der Waals surface area contributed by atoms with Crippen LogP contribution in [0.4, 0.5) is 0 Å². The van der Waals surface area contributed by atoms with Crippen molar-refractivity contribution in [1.29, 1.82) is 0 Å². The third-order valence-electron chi connectivity index (χ3n) is 2.79. The first-order valence-electron chi connectivity index (χ1n) is 6.37. The minimum absolute atomic E-state index is 0.0308. The number of benzene rings is 1. The van der Waals surface area contributed by atoms with Crippen molar-refractivity contribution in [1.82, 2.24) is 14.9 Å². The predicted octanol–water partition coefficient (Wildman–Crippen LogP) is 2.86. The fraction of sp³-hybridized carbons (Fsp3) is 0.429. The van der Waals surface area contributed by atoms with E-state index in [0.29, 0.717) is 0 Å². The summed E-state index contributed by atoms with van der Waals surface area (Å²) in [5.74, 6) is 0.693. The van der Waals surface area contributed by atoms with Gasteiger partial charge in [-0.25, -0.2) is 4.98 Å². The number of carbonyl (C=O) groups is 1. The van der Waals surface area contributed by atoms with Crippen LogP contribution >= 0.6 is 11.6 Å². The molecule has 0 aliphatic heterocycles. The number of aromatic nitrogens is 2. The molecule has 102 valence electrons. The summed E-state index contributed by atoms with van der Waals surface area (Å²) in [4.78, 5) is 16.4. The topological polar surface area (TPSA) is 46.9 Å². The van der Waals surface area contributed by atoms with Crippen molar-refractivity contribution in [3.8, 4) is 0 Å². The van der Waals surface area contributed by atoms with Gasteiger partial charge in [0, 0.05) is 6.04 Å². The van der Waals surface area contributed by atoms with E-state index >= 15 is 0 Å². The van der Waals surface area contributed by atoms with E-state index in [1.807, 2.05) is 49.6 Å². The second-order valence-electron chi connectivity index (χ2n) is 4.88. The Morgan fingerprint density at radius 2 is 2.05 bits per heavy atom. The van der Waals surface area contributed by atoms with Crippen LogP contribution in [0.15, 0.2) is 24.3 Å². The SMILES string of the molecule is CC(C)NC(=O)Cn1c(C(C)Cl)nc2ccccc21. The monoisotopic (exact) mass is 279 g/mol. The average Bonchev–Trinajstić information content (AvgIpc) is 2.67. The van der Waals surface area contributed by atoms with E-state index in [1.54, 1.807) is 0 Å². The average molecular weight is 280 g/mol. The highest BCUT2D eigenvalue weighted by Gasteiger charge is 2.16. The summed E-state index contributed by atoms with van der Waals surface area (Å²) >= 11 is 6.15. The molecule has 1 heterocycles. The van der Waals surface area contributed by atoms with E-state index in [1.165, 1.54) is 0 Å². The molecule has 1 aromatic carbocycles. The molecular formula is C14H18ClN3O. The van der Waals surface area contributed by atoms with Gasteiger partial charge in [-0.2, -0.15) is 0 Å². The lowest BCUT2D eigenvalue weighted by Crippen LogP contribution is -2.33. The number of nitrogens with zero attached hydrogens (tertiary/aromatic N) is 2. The quantitative estimate of drug-likeness (QED) is 0.875. The number of fused-ring (bicyclic) bond motifs is 1. The van der Waals surface area contributed by atoms with Crippen LogP contribution in [0.25, 0.3) is 11.0 Å². The minimum Gasteiger partial charge on any atom is -0.352 e. The van der Waals surface area contributed by atoms with Crippen molar-refractivity contribution >= 4 is 28.5 Å². The Kier molecular flexibility index (Phi) is 4.10. The van der Waals surface area contributed by atoms with Crippen LogP contribution in [0.3, 0.4) is 0 Å². The normalized spacial score (nSPS) is 12.9. The molecule has 0 bridgehead atoms. The molecule has 5 heteroatoms. The Morgan fingerprint density at radius 3 is 2.68 bits per heavy atom. The molecule has 0 aliphatic rings. The molecular weight excluding hydrogens is 262 g/mol. The maximum absolute atomic E-state index is 11.9. The molecule has 19 heavy (non-hydrogen) atoms. The molecule has 0 fully saturated rings. The highest BCUT2D eigenvalue weighted by atomic mass is 35.5. The molecule has 0 radical (unpaired) electrons. The Hall–Kier alpha value is -1.55. The maximum atomic E-state index is 11.9. The van der Waals surface area contributed by atoms with Gasteiger partial charge in [-0.1, -0.05) is 12.1 Å². The second kappa shape index (κ2) is 5.61. The van der Waals surface area contributed by atoms with Gasteiger partial charge in [0.2, 0.25) is 5.91 Å². The van der Waals surface area contributed by atoms with E-state index in [2.05, 4.69) is 10.3 Å². The molecule has 1 N–H and O–H groups in total. The highest BCUT2D eigenvalue weighted by molar-refractivity contribution is 6.20. The second-order valence-corrected chi connectivity index (χ2v) is 5.54. The number of amides is 1. The lowest BCUT2D eigenvalue weighted by Gasteiger charge is -2.12. The molecule has 2 rings (SSSR count). The van der Waals surface area contributed by atoms with Crippen molar-refractivity contribution < 1.29 is 4.79 Å². The van der Waals surface area contributed by atoms with Gasteiger partial charge in [-0.3, -0.25) is 4.79 Å². The smallest absolute Gasteiger partial charge is 0.240 e. The van der Waals surface area contributed by atoms with Gasteiger partial charge >= 0.3 is 0 Å². The van der Waals surface area contributed by atoms with Crippen LogP contribution in [-0.2, 0) is 11.3 Å². The number of rotatable bonds is 4. The summed E-state index contributed by atoms with van der Waals surface area (Å²) in [6, 6.07) is 7.86. The molecule has 0 saturated carbocycles. The molecule has 0 saturated heterocycles. The predicted molar refractivity (Wildman–Crippen MR) is 77.3 cm³/mol. The lowest BCUT2D eigenvalue weighted by atomic mass is 10.3. The van der Waals surface area contributed by atoms with Crippen molar-refractivity contribution in [2.45, 2.75) is 38.7 Å². The van der Waals surface area contributed by atoms with Crippen LogP contribution < -0.4 is 5.32 Å². The number of hydrogen-bond acceptors (Lipinski definition) is 2. The number of para-hydroxylation sites is 2. The van der Waals surface area contributed by atoms with Crippen molar-refractivity contribution in [2.75, 3.05) is 0 Å². The number of carbonyl (C=O) groups excluding carboxylic acids is 1. The summed E-state index contributed by atoms with van der Waals surface area (Å²) in [5.41, 5.74) is 1.80. The third kappa shape index (κ3) is 3.07. The number of alkyl halides is 1. The molecule has 0 spiro atoms. The van der Waals surface area contributed by atoms with Gasteiger partial charge in [0.25, 0.3) is 0 Å². The summed E-state index contributed by atoms with van der Waals surface area (Å²) in [7, 11) is 0. The maximum Gasteiger partial charge on any atom is 0.240 e. The number of nitrogens with one attached hydrogen (secondary N) is 1. The van der Waals surface area contributed by atoms with E-state index < -0.39 is 0 Å². The van der Waals surface area contributed by atoms with E-state index in [-0.39, 0.29) is 23.9 Å². The van der Waals surface area contributed by atoms with Gasteiger partial charge in [0.05, 0.1) is 16.4 Å². The fourth-order valence-corrected chi connectivity index (χ4v) is 2.24.